The maximum atomic E-state index is 12.0. The third kappa shape index (κ3) is 3.11. The van der Waals surface area contributed by atoms with Gasteiger partial charge in [-0.3, -0.25) is 4.79 Å². The van der Waals surface area contributed by atoms with Gasteiger partial charge in [0, 0.05) is 10.6 Å². The summed E-state index contributed by atoms with van der Waals surface area (Å²) in [5.41, 5.74) is 1.65. The summed E-state index contributed by atoms with van der Waals surface area (Å²) in [6, 6.07) is 16.7. The van der Waals surface area contributed by atoms with E-state index in [1.807, 2.05) is 37.3 Å². The van der Waals surface area contributed by atoms with Crippen molar-refractivity contribution in [3.05, 3.63) is 70.7 Å². The molecule has 1 unspecified atom stereocenters. The quantitative estimate of drug-likeness (QED) is 0.892. The number of carbonyl (C=O) groups excluding carboxylic acids is 1. The van der Waals surface area contributed by atoms with Crippen molar-refractivity contribution in [3.63, 3.8) is 0 Å². The average Bonchev–Trinajstić information content (AvgIpc) is 2.39. The fourth-order valence-electron chi connectivity index (χ4n) is 1.73. The molecule has 0 bridgehead atoms. The minimum atomic E-state index is -0.117. The number of carbonyl (C=O) groups is 1. The van der Waals surface area contributed by atoms with Gasteiger partial charge in [0.1, 0.15) is 0 Å². The molecular weight excluding hydrogens is 246 g/mol. The Balaban J connectivity index is 2.08. The second kappa shape index (κ2) is 5.69. The number of amides is 1. The summed E-state index contributed by atoms with van der Waals surface area (Å²) in [7, 11) is 0. The summed E-state index contributed by atoms with van der Waals surface area (Å²) < 4.78 is 0. The van der Waals surface area contributed by atoms with Crippen molar-refractivity contribution in [2.45, 2.75) is 13.0 Å². The molecule has 0 aliphatic rings. The topological polar surface area (TPSA) is 29.1 Å². The summed E-state index contributed by atoms with van der Waals surface area (Å²) in [4.78, 5) is 12.0. The highest BCUT2D eigenvalue weighted by Crippen LogP contribution is 2.14. The molecule has 0 heterocycles. The van der Waals surface area contributed by atoms with Gasteiger partial charge in [0.05, 0.1) is 6.04 Å². The molecule has 2 nitrogen and oxygen atoms in total. The zero-order valence-electron chi connectivity index (χ0n) is 10.1. The Kier molecular flexibility index (Phi) is 4.00. The number of rotatable bonds is 3. The van der Waals surface area contributed by atoms with Gasteiger partial charge < -0.3 is 5.32 Å². The third-order valence-electron chi connectivity index (χ3n) is 2.73. The summed E-state index contributed by atoms with van der Waals surface area (Å²) in [5.74, 6) is -0.117. The van der Waals surface area contributed by atoms with Gasteiger partial charge >= 0.3 is 0 Å². The maximum absolute atomic E-state index is 12.0. The van der Waals surface area contributed by atoms with Gasteiger partial charge in [0.25, 0.3) is 5.91 Å². The van der Waals surface area contributed by atoms with Crippen LogP contribution in [0.3, 0.4) is 0 Å². The molecule has 92 valence electrons. The van der Waals surface area contributed by atoms with E-state index in [0.29, 0.717) is 10.6 Å². The Hall–Kier alpha value is -1.80. The fraction of sp³-hybridized carbons (Fsp3) is 0.133. The van der Waals surface area contributed by atoms with E-state index in [1.165, 1.54) is 0 Å². The van der Waals surface area contributed by atoms with Gasteiger partial charge in [0.15, 0.2) is 0 Å². The lowest BCUT2D eigenvalue weighted by molar-refractivity contribution is 0.0940. The van der Waals surface area contributed by atoms with E-state index in [2.05, 4.69) is 5.32 Å². The molecule has 0 aliphatic heterocycles. The maximum Gasteiger partial charge on any atom is 0.251 e. The predicted octanol–water partition coefficient (Wildman–Crippen LogP) is 3.83. The van der Waals surface area contributed by atoms with Crippen LogP contribution in [-0.4, -0.2) is 5.91 Å². The first kappa shape index (κ1) is 12.7. The van der Waals surface area contributed by atoms with Crippen LogP contribution in [0.15, 0.2) is 54.6 Å². The Labute approximate surface area is 112 Å². The van der Waals surface area contributed by atoms with E-state index >= 15 is 0 Å². The summed E-state index contributed by atoms with van der Waals surface area (Å²) in [5, 5.41) is 3.51. The van der Waals surface area contributed by atoms with Crippen LogP contribution >= 0.6 is 11.6 Å². The number of nitrogens with one attached hydrogen (secondary N) is 1. The van der Waals surface area contributed by atoms with Crippen LogP contribution in [-0.2, 0) is 0 Å². The van der Waals surface area contributed by atoms with Crippen LogP contribution < -0.4 is 5.32 Å². The fourth-order valence-corrected chi connectivity index (χ4v) is 1.93. The van der Waals surface area contributed by atoms with Gasteiger partial charge in [-0.15, -0.1) is 0 Å². The monoisotopic (exact) mass is 259 g/mol. The van der Waals surface area contributed by atoms with Crippen molar-refractivity contribution >= 4 is 17.5 Å². The van der Waals surface area contributed by atoms with Gasteiger partial charge in [0.2, 0.25) is 0 Å². The first-order valence-corrected chi connectivity index (χ1v) is 6.16. The second-order valence-electron chi connectivity index (χ2n) is 4.12. The highest BCUT2D eigenvalue weighted by Gasteiger charge is 2.11. The normalized spacial score (nSPS) is 11.9. The predicted molar refractivity (Wildman–Crippen MR) is 73.8 cm³/mol. The standard InChI is InChI=1S/C15H14ClNO/c1-11(12-6-3-2-4-7-12)17-15(18)13-8-5-9-14(16)10-13/h2-11H,1H3,(H,17,18). The Morgan fingerprint density at radius 2 is 1.83 bits per heavy atom. The molecule has 2 rings (SSSR count). The minimum Gasteiger partial charge on any atom is -0.346 e. The van der Waals surface area contributed by atoms with Crippen LogP contribution in [0.25, 0.3) is 0 Å². The van der Waals surface area contributed by atoms with Crippen LogP contribution in [0.1, 0.15) is 28.9 Å². The largest absolute Gasteiger partial charge is 0.346 e. The van der Waals surface area contributed by atoms with Crippen molar-refractivity contribution in [3.8, 4) is 0 Å². The highest BCUT2D eigenvalue weighted by molar-refractivity contribution is 6.30. The molecule has 0 fully saturated rings. The zero-order valence-corrected chi connectivity index (χ0v) is 10.8. The van der Waals surface area contributed by atoms with E-state index in [9.17, 15) is 4.79 Å². The lowest BCUT2D eigenvalue weighted by Gasteiger charge is -2.14. The van der Waals surface area contributed by atoms with Crippen molar-refractivity contribution in [1.29, 1.82) is 0 Å². The molecule has 0 saturated carbocycles. The Morgan fingerprint density at radius 1 is 1.11 bits per heavy atom. The average molecular weight is 260 g/mol. The SMILES string of the molecule is CC(NC(=O)c1cccc(Cl)c1)c1ccccc1. The lowest BCUT2D eigenvalue weighted by atomic mass is 10.1. The molecule has 0 aliphatic carbocycles. The molecule has 2 aromatic carbocycles. The first-order valence-electron chi connectivity index (χ1n) is 5.78. The zero-order chi connectivity index (χ0) is 13.0. The van der Waals surface area contributed by atoms with Crippen LogP contribution in [0.2, 0.25) is 5.02 Å². The van der Waals surface area contributed by atoms with Gasteiger partial charge in [-0.05, 0) is 30.7 Å². The van der Waals surface area contributed by atoms with Crippen LogP contribution in [0.5, 0.6) is 0 Å². The summed E-state index contributed by atoms with van der Waals surface area (Å²) in [6.07, 6.45) is 0. The highest BCUT2D eigenvalue weighted by atomic mass is 35.5. The van der Waals surface area contributed by atoms with Crippen LogP contribution in [0.4, 0.5) is 0 Å². The second-order valence-corrected chi connectivity index (χ2v) is 4.55. The van der Waals surface area contributed by atoms with Gasteiger partial charge in [-0.2, -0.15) is 0 Å². The first-order chi connectivity index (χ1) is 8.66. The lowest BCUT2D eigenvalue weighted by Crippen LogP contribution is -2.26. The molecule has 1 amide bonds. The van der Waals surface area contributed by atoms with Crippen molar-refractivity contribution in [1.82, 2.24) is 5.32 Å². The van der Waals surface area contributed by atoms with Gasteiger partial charge in [-0.25, -0.2) is 0 Å². The van der Waals surface area contributed by atoms with E-state index in [1.54, 1.807) is 24.3 Å². The number of hydrogen-bond acceptors (Lipinski definition) is 1. The molecule has 18 heavy (non-hydrogen) atoms. The van der Waals surface area contributed by atoms with E-state index in [-0.39, 0.29) is 11.9 Å². The minimum absolute atomic E-state index is 0.0299. The molecule has 1 N–H and O–H groups in total. The molecule has 0 aromatic heterocycles. The van der Waals surface area contributed by atoms with Crippen molar-refractivity contribution in [2.24, 2.45) is 0 Å². The molecule has 2 aromatic rings. The summed E-state index contributed by atoms with van der Waals surface area (Å²) in [6.45, 7) is 1.96. The Morgan fingerprint density at radius 3 is 2.50 bits per heavy atom. The van der Waals surface area contributed by atoms with Crippen LogP contribution in [0, 0.1) is 0 Å². The summed E-state index contributed by atoms with van der Waals surface area (Å²) >= 11 is 5.86. The van der Waals surface area contributed by atoms with Crippen molar-refractivity contribution in [2.75, 3.05) is 0 Å². The number of hydrogen-bond donors (Lipinski definition) is 1. The molecule has 0 spiro atoms. The molecule has 1 atom stereocenters. The number of halogens is 1. The van der Waals surface area contributed by atoms with E-state index in [4.69, 9.17) is 11.6 Å². The van der Waals surface area contributed by atoms with E-state index in [0.717, 1.165) is 5.56 Å². The smallest absolute Gasteiger partial charge is 0.251 e. The van der Waals surface area contributed by atoms with E-state index < -0.39 is 0 Å². The number of benzene rings is 2. The third-order valence-corrected chi connectivity index (χ3v) is 2.97. The molecule has 0 saturated heterocycles. The Bertz CT molecular complexity index is 539. The van der Waals surface area contributed by atoms with Gasteiger partial charge in [-0.1, -0.05) is 48.0 Å². The molecule has 0 radical (unpaired) electrons. The molecular formula is C15H14ClNO. The van der Waals surface area contributed by atoms with Crippen molar-refractivity contribution < 1.29 is 4.79 Å². The molecule has 3 heteroatoms.